The number of nitrogens with zero attached hydrogens (tertiary/aromatic N) is 1. The lowest BCUT2D eigenvalue weighted by molar-refractivity contribution is -0.139. The molecule has 2 heterocycles. The molecule has 1 aliphatic heterocycles. The van der Waals surface area contributed by atoms with Crippen LogP contribution in [0.25, 0.3) is 6.08 Å². The lowest BCUT2D eigenvalue weighted by atomic mass is 10.2. The van der Waals surface area contributed by atoms with Crippen LogP contribution in [0.2, 0.25) is 0 Å². The first-order chi connectivity index (χ1) is 9.40. The normalized spacial score (nSPS) is 19.4. The number of carbonyl (C=O) groups excluding carboxylic acids is 1. The van der Waals surface area contributed by atoms with Gasteiger partial charge in [-0.15, -0.1) is 0 Å². The minimum atomic E-state index is -4.50. The molecule has 0 saturated carbocycles. The third-order valence-electron chi connectivity index (χ3n) is 2.91. The number of rotatable bonds is 3. The average Bonchev–Trinajstić information content (AvgIpc) is 2.80. The van der Waals surface area contributed by atoms with Crippen LogP contribution in [-0.4, -0.2) is 24.0 Å². The topological polar surface area (TPSA) is 51.2 Å². The first-order valence-electron chi connectivity index (χ1n) is 6.00. The number of hydrogen-bond acceptors (Lipinski definition) is 3. The van der Waals surface area contributed by atoms with Crippen molar-refractivity contribution in [3.63, 3.8) is 0 Å². The van der Waals surface area contributed by atoms with E-state index in [4.69, 9.17) is 0 Å². The summed E-state index contributed by atoms with van der Waals surface area (Å²) in [5.74, 6) is -0.493. The van der Waals surface area contributed by atoms with E-state index in [1.807, 2.05) is 0 Å². The molecule has 2 rings (SSSR count). The molecule has 0 radical (unpaired) electrons. The summed E-state index contributed by atoms with van der Waals surface area (Å²) >= 11 is 0. The second kappa shape index (κ2) is 5.52. The number of halogens is 3. The van der Waals surface area contributed by atoms with Gasteiger partial charge in [-0.2, -0.15) is 13.2 Å². The van der Waals surface area contributed by atoms with E-state index >= 15 is 0 Å². The van der Waals surface area contributed by atoms with Gasteiger partial charge >= 0.3 is 6.18 Å². The fourth-order valence-electron chi connectivity index (χ4n) is 1.92. The zero-order valence-electron chi connectivity index (χ0n) is 10.7. The third-order valence-corrected chi connectivity index (χ3v) is 2.91. The summed E-state index contributed by atoms with van der Waals surface area (Å²) in [4.78, 5) is 14.8. The molecule has 1 aromatic rings. The molecule has 7 heteroatoms. The minimum absolute atomic E-state index is 0.0300. The van der Waals surface area contributed by atoms with Crippen LogP contribution >= 0.6 is 0 Å². The number of aromatic nitrogens is 1. The highest BCUT2D eigenvalue weighted by Gasteiger charge is 2.35. The van der Waals surface area contributed by atoms with Crippen molar-refractivity contribution in [3.05, 3.63) is 29.5 Å². The van der Waals surface area contributed by atoms with Gasteiger partial charge in [0.05, 0.1) is 12.8 Å². The molecule has 1 fully saturated rings. The van der Waals surface area contributed by atoms with Gasteiger partial charge in [0.1, 0.15) is 5.56 Å². The van der Waals surface area contributed by atoms with E-state index in [1.165, 1.54) is 6.07 Å². The number of amides is 1. The molecule has 0 aromatic carbocycles. The fourth-order valence-corrected chi connectivity index (χ4v) is 1.92. The molecule has 1 aromatic heterocycles. The van der Waals surface area contributed by atoms with E-state index in [2.05, 4.69) is 15.0 Å². The van der Waals surface area contributed by atoms with E-state index in [0.717, 1.165) is 13.2 Å². The highest BCUT2D eigenvalue weighted by molar-refractivity contribution is 5.79. The van der Waals surface area contributed by atoms with Crippen LogP contribution in [0, 0.1) is 0 Å². The Morgan fingerprint density at radius 1 is 1.45 bits per heavy atom. The molecule has 0 unspecified atom stereocenters. The Morgan fingerprint density at radius 2 is 2.20 bits per heavy atom. The van der Waals surface area contributed by atoms with Gasteiger partial charge in [-0.25, -0.2) is 4.98 Å². The SMILES string of the molecule is COc1nc(/C=C\[C@H]2CCC(=O)N2)ccc1C(F)(F)F. The van der Waals surface area contributed by atoms with Crippen LogP contribution in [0.5, 0.6) is 5.88 Å². The van der Waals surface area contributed by atoms with Gasteiger partial charge in [-0.05, 0) is 24.6 Å². The number of ether oxygens (including phenoxy) is 1. The summed E-state index contributed by atoms with van der Waals surface area (Å²) in [6.45, 7) is 0. The van der Waals surface area contributed by atoms with Crippen molar-refractivity contribution in [1.82, 2.24) is 10.3 Å². The summed E-state index contributed by atoms with van der Waals surface area (Å²) in [6, 6.07) is 2.09. The number of carbonyl (C=O) groups is 1. The molecule has 108 valence electrons. The number of alkyl halides is 3. The molecule has 0 aliphatic carbocycles. The number of hydrogen-bond donors (Lipinski definition) is 1. The Bertz CT molecular complexity index is 541. The van der Waals surface area contributed by atoms with Gasteiger partial charge in [0, 0.05) is 12.5 Å². The molecule has 1 saturated heterocycles. The summed E-state index contributed by atoms with van der Waals surface area (Å²) in [6.07, 6.45) is -0.0925. The van der Waals surface area contributed by atoms with E-state index in [1.54, 1.807) is 12.2 Å². The molecule has 1 atom stereocenters. The number of nitrogens with one attached hydrogen (secondary N) is 1. The summed E-state index contributed by atoms with van der Waals surface area (Å²) in [5, 5.41) is 2.72. The average molecular weight is 286 g/mol. The van der Waals surface area contributed by atoms with Crippen molar-refractivity contribution < 1.29 is 22.7 Å². The fraction of sp³-hybridized carbons (Fsp3) is 0.385. The van der Waals surface area contributed by atoms with Gasteiger partial charge in [0.2, 0.25) is 11.8 Å². The van der Waals surface area contributed by atoms with E-state index < -0.39 is 17.6 Å². The van der Waals surface area contributed by atoms with Crippen molar-refractivity contribution in [1.29, 1.82) is 0 Å². The molecule has 1 N–H and O–H groups in total. The Hall–Kier alpha value is -2.05. The summed E-state index contributed by atoms with van der Waals surface area (Å²) < 4.78 is 42.6. The molecular formula is C13H13F3N2O2. The maximum absolute atomic E-state index is 12.7. The minimum Gasteiger partial charge on any atom is -0.481 e. The van der Waals surface area contributed by atoms with Crippen molar-refractivity contribution >= 4 is 12.0 Å². The van der Waals surface area contributed by atoms with Crippen LogP contribution in [-0.2, 0) is 11.0 Å². The zero-order valence-corrected chi connectivity index (χ0v) is 10.7. The van der Waals surface area contributed by atoms with Crippen LogP contribution in [0.15, 0.2) is 18.2 Å². The largest absolute Gasteiger partial charge is 0.481 e. The predicted octanol–water partition coefficient (Wildman–Crippen LogP) is 2.40. The Labute approximate surface area is 113 Å². The van der Waals surface area contributed by atoms with Crippen molar-refractivity contribution in [2.75, 3.05) is 7.11 Å². The van der Waals surface area contributed by atoms with E-state index in [-0.39, 0.29) is 11.9 Å². The van der Waals surface area contributed by atoms with Crippen LogP contribution in [0.1, 0.15) is 24.1 Å². The quantitative estimate of drug-likeness (QED) is 0.928. The Morgan fingerprint density at radius 3 is 2.75 bits per heavy atom. The molecule has 4 nitrogen and oxygen atoms in total. The standard InChI is InChI=1S/C13H13F3N2O2/c1-20-12-10(13(14,15)16)6-4-9(18-12)3-2-8-5-7-11(19)17-8/h2-4,6,8H,5,7H2,1H3,(H,17,19)/b3-2-/t8-/m0/s1. The third kappa shape index (κ3) is 3.28. The van der Waals surface area contributed by atoms with Crippen molar-refractivity contribution in [2.45, 2.75) is 25.1 Å². The predicted molar refractivity (Wildman–Crippen MR) is 66.0 cm³/mol. The van der Waals surface area contributed by atoms with Gasteiger partial charge in [0.15, 0.2) is 0 Å². The van der Waals surface area contributed by atoms with Crippen molar-refractivity contribution in [2.24, 2.45) is 0 Å². The smallest absolute Gasteiger partial charge is 0.421 e. The van der Waals surface area contributed by atoms with E-state index in [0.29, 0.717) is 18.5 Å². The molecule has 1 amide bonds. The first-order valence-corrected chi connectivity index (χ1v) is 6.00. The Balaban J connectivity index is 2.17. The number of pyridine rings is 1. The van der Waals surface area contributed by atoms with Crippen LogP contribution in [0.4, 0.5) is 13.2 Å². The lowest BCUT2D eigenvalue weighted by Gasteiger charge is -2.11. The summed E-state index contributed by atoms with van der Waals surface area (Å²) in [7, 11) is 1.14. The number of methoxy groups -OCH3 is 1. The maximum Gasteiger partial charge on any atom is 0.421 e. The second-order valence-electron chi connectivity index (χ2n) is 4.36. The molecule has 20 heavy (non-hydrogen) atoms. The van der Waals surface area contributed by atoms with Crippen molar-refractivity contribution in [3.8, 4) is 5.88 Å². The van der Waals surface area contributed by atoms with E-state index in [9.17, 15) is 18.0 Å². The molecule has 1 aliphatic rings. The Kier molecular flexibility index (Phi) is 3.96. The van der Waals surface area contributed by atoms with Crippen LogP contribution < -0.4 is 10.1 Å². The van der Waals surface area contributed by atoms with Crippen LogP contribution in [0.3, 0.4) is 0 Å². The molecule has 0 bridgehead atoms. The van der Waals surface area contributed by atoms with Gasteiger partial charge in [-0.1, -0.05) is 6.08 Å². The first kappa shape index (κ1) is 14.4. The summed E-state index contributed by atoms with van der Waals surface area (Å²) in [5.41, 5.74) is -0.567. The molecular weight excluding hydrogens is 273 g/mol. The lowest BCUT2D eigenvalue weighted by Crippen LogP contribution is -2.22. The maximum atomic E-state index is 12.7. The zero-order chi connectivity index (χ0) is 14.8. The highest BCUT2D eigenvalue weighted by Crippen LogP contribution is 2.35. The highest BCUT2D eigenvalue weighted by atomic mass is 19.4. The second-order valence-corrected chi connectivity index (χ2v) is 4.36. The van der Waals surface area contributed by atoms with Gasteiger partial charge in [-0.3, -0.25) is 4.79 Å². The van der Waals surface area contributed by atoms with Gasteiger partial charge < -0.3 is 10.1 Å². The van der Waals surface area contributed by atoms with Gasteiger partial charge in [0.25, 0.3) is 0 Å². The monoisotopic (exact) mass is 286 g/mol. The molecule has 0 spiro atoms.